The van der Waals surface area contributed by atoms with Crippen LogP contribution < -0.4 is 5.32 Å². The van der Waals surface area contributed by atoms with E-state index in [-0.39, 0.29) is 17.6 Å². The number of carbonyl (C=O) groups is 1. The van der Waals surface area contributed by atoms with Crippen LogP contribution in [-0.4, -0.2) is 82.3 Å². The lowest BCUT2D eigenvalue weighted by molar-refractivity contribution is -0.212. The number of fused-ring (bicyclic) bond motifs is 7. The van der Waals surface area contributed by atoms with Gasteiger partial charge in [0.1, 0.15) is 0 Å². The first-order valence-electron chi connectivity index (χ1n) is 21.4. The van der Waals surface area contributed by atoms with Crippen molar-refractivity contribution >= 4 is 15.8 Å². The highest BCUT2D eigenvalue weighted by molar-refractivity contribution is 7.91. The summed E-state index contributed by atoms with van der Waals surface area (Å²) in [7, 11) is -1.11. The van der Waals surface area contributed by atoms with Crippen LogP contribution in [0.15, 0.2) is 23.3 Å². The number of hydrogen-bond acceptors (Lipinski definition) is 7. The third-order valence-corrected chi connectivity index (χ3v) is 19.1. The Morgan fingerprint density at radius 2 is 1.69 bits per heavy atom. The molecule has 0 aromatic carbocycles. The summed E-state index contributed by atoms with van der Waals surface area (Å²) >= 11 is 0. The Labute approximate surface area is 316 Å². The van der Waals surface area contributed by atoms with Gasteiger partial charge in [0.05, 0.1) is 23.0 Å². The number of methoxy groups -OCH3 is 1. The Morgan fingerprint density at radius 3 is 2.38 bits per heavy atom. The lowest BCUT2D eigenvalue weighted by Gasteiger charge is -2.71. The molecule has 1 heterocycles. The molecule has 7 rings (SSSR count). The van der Waals surface area contributed by atoms with Gasteiger partial charge in [0.25, 0.3) is 0 Å². The van der Waals surface area contributed by atoms with Gasteiger partial charge in [-0.15, -0.1) is 0 Å². The summed E-state index contributed by atoms with van der Waals surface area (Å²) in [6.45, 7) is 18.5. The van der Waals surface area contributed by atoms with Gasteiger partial charge in [-0.1, -0.05) is 46.3 Å². The molecule has 0 aromatic rings. The monoisotopic (exact) mass is 741 g/mol. The SMILES string of the molecule is COCCC1(C(=O)OC(C)C)CC=C(C2=CCC3(C)C(CCC4(C)C3CCC3C5CCCC5(NCCN5CCS(=O)(=O)CC5)CC[C@]34C)C2C)CC1. The molecule has 0 bridgehead atoms. The summed E-state index contributed by atoms with van der Waals surface area (Å²) in [6.07, 6.45) is 21.5. The number of carbonyl (C=O) groups excluding carboxylic acids is 1. The van der Waals surface area contributed by atoms with Gasteiger partial charge in [-0.3, -0.25) is 4.79 Å². The first kappa shape index (κ1) is 39.0. The number of allylic oxidation sites excluding steroid dienone is 4. The van der Waals surface area contributed by atoms with Gasteiger partial charge in [-0.2, -0.15) is 0 Å². The second kappa shape index (κ2) is 14.4. The summed E-state index contributed by atoms with van der Waals surface area (Å²) in [6, 6.07) is 0. The fourth-order valence-electron chi connectivity index (χ4n) is 14.3. The molecule has 7 aliphatic rings. The topological polar surface area (TPSA) is 84.9 Å². The smallest absolute Gasteiger partial charge is 0.312 e. The van der Waals surface area contributed by atoms with Crippen molar-refractivity contribution < 1.29 is 22.7 Å². The summed E-state index contributed by atoms with van der Waals surface area (Å²) in [5.41, 5.74) is 3.94. The van der Waals surface area contributed by atoms with E-state index < -0.39 is 15.3 Å². The molecular formula is C44H72N2O5S. The van der Waals surface area contributed by atoms with Gasteiger partial charge < -0.3 is 19.7 Å². The van der Waals surface area contributed by atoms with Crippen LogP contribution in [0.2, 0.25) is 0 Å². The van der Waals surface area contributed by atoms with Crippen molar-refractivity contribution in [2.45, 2.75) is 143 Å². The van der Waals surface area contributed by atoms with Crippen LogP contribution in [0.3, 0.4) is 0 Å². The van der Waals surface area contributed by atoms with E-state index in [0.29, 0.717) is 59.3 Å². The third-order valence-electron chi connectivity index (χ3n) is 17.4. The lowest BCUT2D eigenvalue weighted by Crippen LogP contribution is -2.67. The quantitative estimate of drug-likeness (QED) is 0.227. The fraction of sp³-hybridized carbons (Fsp3) is 0.886. The van der Waals surface area contributed by atoms with Crippen LogP contribution in [0.25, 0.3) is 0 Å². The van der Waals surface area contributed by atoms with Crippen LogP contribution in [0.1, 0.15) is 131 Å². The van der Waals surface area contributed by atoms with E-state index in [4.69, 9.17) is 9.47 Å². The lowest BCUT2D eigenvalue weighted by atomic mass is 9.34. The van der Waals surface area contributed by atoms with E-state index in [9.17, 15) is 13.2 Å². The van der Waals surface area contributed by atoms with Crippen molar-refractivity contribution in [3.63, 3.8) is 0 Å². The summed E-state index contributed by atoms with van der Waals surface area (Å²) < 4.78 is 35.2. The fourth-order valence-corrected chi connectivity index (χ4v) is 15.6. The molecular weight excluding hydrogens is 669 g/mol. The molecule has 7 nitrogen and oxygen atoms in total. The standard InChI is InChI=1S/C44H72N2O5S/c1-31(2)51-39(47)43(23-28-50-7)19-12-33(13-20-43)34-14-17-40(4)35(32(34)3)15-18-42(6)38(40)11-10-36-37-9-8-16-44(37,22-21-41(36,42)5)45-24-25-46-26-29-52(48,49)30-27-46/h12,14,31-32,35-38,45H,8-11,13,15-30H2,1-7H3/t32?,35?,36?,37?,38?,40?,41-,42?,43?,44?/m1/s1. The van der Waals surface area contributed by atoms with Crippen LogP contribution in [-0.2, 0) is 24.1 Å². The molecule has 0 radical (unpaired) electrons. The van der Waals surface area contributed by atoms with Gasteiger partial charge >= 0.3 is 5.97 Å². The van der Waals surface area contributed by atoms with E-state index in [0.717, 1.165) is 56.5 Å². The number of esters is 1. The number of hydrogen-bond donors (Lipinski definition) is 1. The predicted octanol–water partition coefficient (Wildman–Crippen LogP) is 8.15. The maximum atomic E-state index is 13.4. The van der Waals surface area contributed by atoms with Crippen molar-refractivity contribution in [2.75, 3.05) is 51.4 Å². The van der Waals surface area contributed by atoms with Gasteiger partial charge in [-0.25, -0.2) is 8.42 Å². The van der Waals surface area contributed by atoms with E-state index in [1.54, 1.807) is 12.7 Å². The van der Waals surface area contributed by atoms with Crippen molar-refractivity contribution in [2.24, 2.45) is 51.2 Å². The van der Waals surface area contributed by atoms with Gasteiger partial charge in [0.15, 0.2) is 9.84 Å². The highest BCUT2D eigenvalue weighted by Crippen LogP contribution is 2.75. The first-order valence-corrected chi connectivity index (χ1v) is 23.2. The third kappa shape index (κ3) is 6.51. The Morgan fingerprint density at radius 1 is 0.923 bits per heavy atom. The zero-order valence-corrected chi connectivity index (χ0v) is 34.7. The summed E-state index contributed by atoms with van der Waals surface area (Å²) in [4.78, 5) is 15.7. The number of nitrogens with one attached hydrogen (secondary N) is 1. The average Bonchev–Trinajstić information content (AvgIpc) is 3.53. The molecule has 0 amide bonds. The highest BCUT2D eigenvalue weighted by Gasteiger charge is 2.68. The van der Waals surface area contributed by atoms with Gasteiger partial charge in [-0.05, 0) is 154 Å². The molecule has 52 heavy (non-hydrogen) atoms. The minimum atomic E-state index is -2.83. The molecule has 1 aliphatic heterocycles. The molecule has 0 spiro atoms. The summed E-state index contributed by atoms with van der Waals surface area (Å²) in [5.74, 6) is 4.16. The van der Waals surface area contributed by atoms with Crippen LogP contribution >= 0.6 is 0 Å². The molecule has 8 heteroatoms. The van der Waals surface area contributed by atoms with Crippen molar-refractivity contribution in [3.05, 3.63) is 23.3 Å². The maximum absolute atomic E-state index is 13.4. The molecule has 10 atom stereocenters. The Kier molecular flexibility index (Phi) is 10.8. The minimum Gasteiger partial charge on any atom is -0.463 e. The normalized spacial score (nSPS) is 44.5. The second-order valence-electron chi connectivity index (χ2n) is 19.9. The van der Waals surface area contributed by atoms with Crippen LogP contribution in [0.4, 0.5) is 0 Å². The Balaban J connectivity index is 1.05. The molecule has 4 saturated carbocycles. The molecule has 9 unspecified atom stereocenters. The zero-order valence-electron chi connectivity index (χ0n) is 33.9. The van der Waals surface area contributed by atoms with E-state index in [1.165, 1.54) is 69.8 Å². The average molecular weight is 741 g/mol. The molecule has 1 saturated heterocycles. The number of ether oxygens (including phenoxy) is 2. The Bertz CT molecular complexity index is 1510. The van der Waals surface area contributed by atoms with Gasteiger partial charge in [0, 0.05) is 45.4 Å². The molecule has 5 fully saturated rings. The van der Waals surface area contributed by atoms with E-state index in [2.05, 4.69) is 50.1 Å². The number of sulfone groups is 1. The maximum Gasteiger partial charge on any atom is 0.312 e. The Hall–Kier alpha value is -1.22. The highest BCUT2D eigenvalue weighted by atomic mass is 32.2. The minimum absolute atomic E-state index is 0.0472. The second-order valence-corrected chi connectivity index (χ2v) is 22.2. The summed E-state index contributed by atoms with van der Waals surface area (Å²) in [5, 5.41) is 4.19. The zero-order chi connectivity index (χ0) is 37.2. The number of nitrogens with zero attached hydrogens (tertiary/aromatic N) is 1. The van der Waals surface area contributed by atoms with Crippen molar-refractivity contribution in [3.8, 4) is 0 Å². The molecule has 1 N–H and O–H groups in total. The van der Waals surface area contributed by atoms with Crippen molar-refractivity contribution in [1.29, 1.82) is 0 Å². The first-order chi connectivity index (χ1) is 24.6. The van der Waals surface area contributed by atoms with Gasteiger partial charge in [0.2, 0.25) is 0 Å². The van der Waals surface area contributed by atoms with Crippen molar-refractivity contribution in [1.82, 2.24) is 10.2 Å². The van der Waals surface area contributed by atoms with Crippen LogP contribution in [0.5, 0.6) is 0 Å². The van der Waals surface area contributed by atoms with E-state index in [1.807, 2.05) is 13.8 Å². The predicted molar refractivity (Wildman–Crippen MR) is 210 cm³/mol. The number of rotatable bonds is 10. The molecule has 0 aromatic heterocycles. The van der Waals surface area contributed by atoms with Crippen LogP contribution in [0, 0.1) is 51.2 Å². The van der Waals surface area contributed by atoms with E-state index >= 15 is 0 Å². The molecule has 6 aliphatic carbocycles. The molecule has 294 valence electrons. The largest absolute Gasteiger partial charge is 0.463 e.